The first-order chi connectivity index (χ1) is 11.0. The van der Waals surface area contributed by atoms with E-state index in [2.05, 4.69) is 10.1 Å². The fourth-order valence-corrected chi connectivity index (χ4v) is 3.65. The van der Waals surface area contributed by atoms with Crippen molar-refractivity contribution < 1.29 is 17.7 Å². The van der Waals surface area contributed by atoms with Crippen molar-refractivity contribution >= 4 is 19.7 Å². The number of ether oxygens (including phenoxy) is 1. The molecule has 8 heteroatoms. The van der Waals surface area contributed by atoms with Gasteiger partial charge < -0.3 is 9.26 Å². The van der Waals surface area contributed by atoms with Crippen LogP contribution in [0.5, 0.6) is 5.75 Å². The Morgan fingerprint density at radius 3 is 2.65 bits per heavy atom. The van der Waals surface area contributed by atoms with Crippen LogP contribution in [0.2, 0.25) is 0 Å². The fraction of sp³-hybridized carbons (Fsp3) is 0.467. The van der Waals surface area contributed by atoms with E-state index in [0.717, 1.165) is 25.7 Å². The number of methoxy groups -OCH3 is 1. The predicted octanol–water partition coefficient (Wildman–Crippen LogP) is 3.72. The lowest BCUT2D eigenvalue weighted by atomic mass is 9.89. The maximum atomic E-state index is 11.5. The van der Waals surface area contributed by atoms with Gasteiger partial charge in [0, 0.05) is 16.6 Å². The van der Waals surface area contributed by atoms with Crippen LogP contribution >= 0.6 is 10.7 Å². The molecule has 1 aromatic carbocycles. The Morgan fingerprint density at radius 1 is 1.26 bits per heavy atom. The summed E-state index contributed by atoms with van der Waals surface area (Å²) in [6.07, 6.45) is 5.67. The van der Waals surface area contributed by atoms with Crippen molar-refractivity contribution in [3.63, 3.8) is 0 Å². The molecule has 1 aromatic heterocycles. The molecule has 2 aromatic rings. The van der Waals surface area contributed by atoms with Crippen molar-refractivity contribution in [3.8, 4) is 17.2 Å². The number of aromatic nitrogens is 2. The number of hydrogen-bond donors (Lipinski definition) is 0. The van der Waals surface area contributed by atoms with E-state index in [1.807, 2.05) is 0 Å². The first-order valence-corrected chi connectivity index (χ1v) is 9.76. The molecule has 3 rings (SSSR count). The van der Waals surface area contributed by atoms with Gasteiger partial charge in [0.15, 0.2) is 5.82 Å². The summed E-state index contributed by atoms with van der Waals surface area (Å²) in [7, 11) is 3.05. The average molecular weight is 357 g/mol. The smallest absolute Gasteiger partial charge is 0.261 e. The van der Waals surface area contributed by atoms with E-state index < -0.39 is 9.05 Å². The average Bonchev–Trinajstić information content (AvgIpc) is 3.04. The lowest BCUT2D eigenvalue weighted by Crippen LogP contribution is -2.06. The molecule has 0 unspecified atom stereocenters. The third kappa shape index (κ3) is 3.50. The van der Waals surface area contributed by atoms with Gasteiger partial charge in [-0.15, -0.1) is 0 Å². The molecular formula is C15H17ClN2O4S. The van der Waals surface area contributed by atoms with Gasteiger partial charge in [0.2, 0.25) is 0 Å². The van der Waals surface area contributed by atoms with Gasteiger partial charge in [-0.05, 0) is 31.0 Å². The molecule has 1 fully saturated rings. The van der Waals surface area contributed by atoms with E-state index in [9.17, 15) is 8.42 Å². The van der Waals surface area contributed by atoms with Crippen LogP contribution < -0.4 is 4.74 Å². The van der Waals surface area contributed by atoms with Gasteiger partial charge in [-0.25, -0.2) is 8.42 Å². The molecule has 0 atom stereocenters. The molecular weight excluding hydrogens is 340 g/mol. The van der Waals surface area contributed by atoms with Crippen LogP contribution in [0.25, 0.3) is 11.5 Å². The summed E-state index contributed by atoms with van der Waals surface area (Å²) >= 11 is 0. The minimum atomic E-state index is -3.85. The zero-order chi connectivity index (χ0) is 16.4. The van der Waals surface area contributed by atoms with Gasteiger partial charge in [0.1, 0.15) is 5.75 Å². The van der Waals surface area contributed by atoms with E-state index in [0.29, 0.717) is 23.1 Å². The Bertz CT molecular complexity index is 798. The molecule has 0 radical (unpaired) electrons. The van der Waals surface area contributed by atoms with E-state index in [1.54, 1.807) is 0 Å². The fourth-order valence-electron chi connectivity index (χ4n) is 2.88. The first kappa shape index (κ1) is 16.3. The second-order valence-electron chi connectivity index (χ2n) is 5.59. The maximum Gasteiger partial charge on any atom is 0.261 e. The highest BCUT2D eigenvalue weighted by atomic mass is 35.7. The van der Waals surface area contributed by atoms with Crippen LogP contribution in [0.1, 0.15) is 43.8 Å². The third-order valence-electron chi connectivity index (χ3n) is 4.09. The lowest BCUT2D eigenvalue weighted by Gasteiger charge is -2.17. The van der Waals surface area contributed by atoms with E-state index in [-0.39, 0.29) is 10.8 Å². The maximum absolute atomic E-state index is 11.5. The van der Waals surface area contributed by atoms with Gasteiger partial charge in [-0.1, -0.05) is 24.4 Å². The topological polar surface area (TPSA) is 82.3 Å². The first-order valence-electron chi connectivity index (χ1n) is 7.45. The molecule has 23 heavy (non-hydrogen) atoms. The molecule has 6 nitrogen and oxygen atoms in total. The molecule has 0 N–H and O–H groups in total. The normalized spacial score (nSPS) is 16.4. The molecule has 1 saturated carbocycles. The van der Waals surface area contributed by atoms with Crippen molar-refractivity contribution in [2.24, 2.45) is 0 Å². The minimum absolute atomic E-state index is 0.0348. The largest absolute Gasteiger partial charge is 0.496 e. The van der Waals surface area contributed by atoms with Gasteiger partial charge >= 0.3 is 0 Å². The monoisotopic (exact) mass is 356 g/mol. The van der Waals surface area contributed by atoms with Crippen LogP contribution in [0.15, 0.2) is 27.6 Å². The SMILES string of the molecule is COc1ccc(S(=O)(=O)Cl)cc1-c1nc(C2CCCCC2)no1. The molecule has 0 saturated heterocycles. The highest BCUT2D eigenvalue weighted by Crippen LogP contribution is 2.35. The van der Waals surface area contributed by atoms with Crippen molar-refractivity contribution in [3.05, 3.63) is 24.0 Å². The Balaban J connectivity index is 1.99. The van der Waals surface area contributed by atoms with E-state index in [1.165, 1.54) is 31.7 Å². The van der Waals surface area contributed by atoms with E-state index >= 15 is 0 Å². The van der Waals surface area contributed by atoms with Gasteiger partial charge in [0.25, 0.3) is 14.9 Å². The van der Waals surface area contributed by atoms with Crippen LogP contribution in [0.4, 0.5) is 0 Å². The number of nitrogens with zero attached hydrogens (tertiary/aromatic N) is 2. The second-order valence-corrected chi connectivity index (χ2v) is 8.16. The van der Waals surface area contributed by atoms with Crippen LogP contribution in [-0.2, 0) is 9.05 Å². The molecule has 0 bridgehead atoms. The summed E-state index contributed by atoms with van der Waals surface area (Å²) in [4.78, 5) is 4.41. The summed E-state index contributed by atoms with van der Waals surface area (Å²) in [5, 5.41) is 4.06. The standard InChI is InChI=1S/C15H17ClN2O4S/c1-21-13-8-7-11(23(16,19)20)9-12(13)15-17-14(18-22-15)10-5-3-2-4-6-10/h7-10H,2-6H2,1H3. The predicted molar refractivity (Wildman–Crippen MR) is 85.2 cm³/mol. The number of benzene rings is 1. The molecule has 1 aliphatic rings. The molecule has 0 amide bonds. The molecule has 124 valence electrons. The summed E-state index contributed by atoms with van der Waals surface area (Å²) in [6.45, 7) is 0. The van der Waals surface area contributed by atoms with Gasteiger partial charge in [-0.3, -0.25) is 0 Å². The van der Waals surface area contributed by atoms with Gasteiger partial charge in [-0.2, -0.15) is 4.98 Å². The van der Waals surface area contributed by atoms with Crippen LogP contribution in [-0.4, -0.2) is 25.7 Å². The number of hydrogen-bond acceptors (Lipinski definition) is 6. The van der Waals surface area contributed by atoms with E-state index in [4.69, 9.17) is 19.9 Å². The quantitative estimate of drug-likeness (QED) is 0.776. The summed E-state index contributed by atoms with van der Waals surface area (Å²) in [6, 6.07) is 4.29. The zero-order valence-corrected chi connectivity index (χ0v) is 14.2. The van der Waals surface area contributed by atoms with Crippen molar-refractivity contribution in [2.45, 2.75) is 42.9 Å². The molecule has 1 aliphatic carbocycles. The number of halogens is 1. The highest BCUT2D eigenvalue weighted by molar-refractivity contribution is 8.13. The zero-order valence-electron chi connectivity index (χ0n) is 12.7. The van der Waals surface area contributed by atoms with Crippen molar-refractivity contribution in [1.82, 2.24) is 10.1 Å². The van der Waals surface area contributed by atoms with Crippen molar-refractivity contribution in [1.29, 1.82) is 0 Å². The summed E-state index contributed by atoms with van der Waals surface area (Å²) in [5.41, 5.74) is 0.420. The minimum Gasteiger partial charge on any atom is -0.496 e. The Kier molecular flexibility index (Phi) is 4.59. The lowest BCUT2D eigenvalue weighted by molar-refractivity contribution is 0.382. The molecule has 0 spiro atoms. The molecule has 1 heterocycles. The Hall–Kier alpha value is -1.60. The van der Waals surface area contributed by atoms with Crippen LogP contribution in [0.3, 0.4) is 0 Å². The summed E-state index contributed by atoms with van der Waals surface area (Å²) in [5.74, 6) is 1.66. The summed E-state index contributed by atoms with van der Waals surface area (Å²) < 4.78 is 33.6. The Morgan fingerprint density at radius 2 is 2.00 bits per heavy atom. The van der Waals surface area contributed by atoms with Gasteiger partial charge in [0.05, 0.1) is 17.6 Å². The van der Waals surface area contributed by atoms with Crippen LogP contribution in [0, 0.1) is 0 Å². The second kappa shape index (κ2) is 6.49. The molecule has 0 aliphatic heterocycles. The van der Waals surface area contributed by atoms with Crippen molar-refractivity contribution in [2.75, 3.05) is 7.11 Å². The third-order valence-corrected chi connectivity index (χ3v) is 5.45. The number of rotatable bonds is 4. The Labute approximate surface area is 139 Å². The highest BCUT2D eigenvalue weighted by Gasteiger charge is 2.23.